The normalized spacial score (nSPS) is 17.3. The quantitative estimate of drug-likeness (QED) is 0.762. The summed E-state index contributed by atoms with van der Waals surface area (Å²) in [6, 6.07) is 9.98. The summed E-state index contributed by atoms with van der Waals surface area (Å²) in [5, 5.41) is 0. The van der Waals surface area contributed by atoms with E-state index in [2.05, 4.69) is 9.71 Å². The van der Waals surface area contributed by atoms with Crippen molar-refractivity contribution in [1.29, 1.82) is 0 Å². The van der Waals surface area contributed by atoms with E-state index in [4.69, 9.17) is 4.74 Å². The Labute approximate surface area is 165 Å². The highest BCUT2D eigenvalue weighted by Gasteiger charge is 2.25. The Kier molecular flexibility index (Phi) is 6.64. The number of hydrogen-bond donors (Lipinski definition) is 1. The molecule has 3 rings (SSSR count). The Balaban J connectivity index is 1.54. The Hall–Kier alpha value is -2.45. The number of sulfonamides is 1. The van der Waals surface area contributed by atoms with Crippen LogP contribution in [0.3, 0.4) is 0 Å². The smallest absolute Gasteiger partial charge is 0.240 e. The summed E-state index contributed by atoms with van der Waals surface area (Å²) in [5.41, 5.74) is 0.884. The number of pyridine rings is 1. The maximum Gasteiger partial charge on any atom is 0.240 e. The molecule has 1 saturated heterocycles. The van der Waals surface area contributed by atoms with Gasteiger partial charge in [0.1, 0.15) is 5.75 Å². The zero-order valence-corrected chi connectivity index (χ0v) is 16.7. The number of ether oxygens (including phenoxy) is 1. The van der Waals surface area contributed by atoms with Gasteiger partial charge in [0.05, 0.1) is 18.4 Å². The Bertz CT molecular complexity index is 885. The van der Waals surface area contributed by atoms with Gasteiger partial charge in [-0.15, -0.1) is 0 Å². The number of piperidine rings is 1. The first-order chi connectivity index (χ1) is 13.5. The second kappa shape index (κ2) is 9.16. The molecule has 1 aliphatic rings. The van der Waals surface area contributed by atoms with Crippen LogP contribution in [-0.2, 0) is 21.2 Å². The first-order valence-corrected chi connectivity index (χ1v) is 10.8. The molecule has 0 radical (unpaired) electrons. The summed E-state index contributed by atoms with van der Waals surface area (Å²) in [4.78, 5) is 18.6. The van der Waals surface area contributed by atoms with E-state index in [0.717, 1.165) is 18.4 Å². The van der Waals surface area contributed by atoms with Crippen LogP contribution in [0.15, 0.2) is 53.7 Å². The predicted molar refractivity (Wildman–Crippen MR) is 105 cm³/mol. The number of rotatable bonds is 7. The number of likely N-dealkylation sites (tertiary alicyclic amines) is 1. The molecule has 0 aliphatic carbocycles. The molecule has 8 heteroatoms. The van der Waals surface area contributed by atoms with Gasteiger partial charge in [0.15, 0.2) is 0 Å². The van der Waals surface area contributed by atoms with Gasteiger partial charge >= 0.3 is 0 Å². The first-order valence-electron chi connectivity index (χ1n) is 9.28. The lowest BCUT2D eigenvalue weighted by Gasteiger charge is -2.33. The zero-order chi connectivity index (χ0) is 20.0. The van der Waals surface area contributed by atoms with Crippen molar-refractivity contribution in [2.75, 3.05) is 26.7 Å². The van der Waals surface area contributed by atoms with Gasteiger partial charge < -0.3 is 9.64 Å². The van der Waals surface area contributed by atoms with Crippen molar-refractivity contribution in [2.45, 2.75) is 24.2 Å². The maximum absolute atomic E-state index is 12.5. The van der Waals surface area contributed by atoms with Crippen molar-refractivity contribution in [2.24, 2.45) is 5.92 Å². The number of carbonyl (C=O) groups excluding carboxylic acids is 1. The highest BCUT2D eigenvalue weighted by molar-refractivity contribution is 7.89. The van der Waals surface area contributed by atoms with Crippen LogP contribution in [0.2, 0.25) is 0 Å². The lowest BCUT2D eigenvalue weighted by Crippen LogP contribution is -2.44. The van der Waals surface area contributed by atoms with Gasteiger partial charge in [-0.25, -0.2) is 13.1 Å². The van der Waals surface area contributed by atoms with E-state index in [9.17, 15) is 13.2 Å². The fraction of sp³-hybridized carbons (Fsp3) is 0.400. The number of benzene rings is 1. The molecule has 7 nitrogen and oxygen atoms in total. The highest BCUT2D eigenvalue weighted by atomic mass is 32.2. The fourth-order valence-electron chi connectivity index (χ4n) is 3.31. The van der Waals surface area contributed by atoms with Crippen molar-refractivity contribution >= 4 is 15.9 Å². The van der Waals surface area contributed by atoms with E-state index in [0.29, 0.717) is 31.8 Å². The van der Waals surface area contributed by atoms with E-state index >= 15 is 0 Å². The minimum Gasteiger partial charge on any atom is -0.497 e. The summed E-state index contributed by atoms with van der Waals surface area (Å²) in [6.07, 6.45) is 5.45. The van der Waals surface area contributed by atoms with Crippen LogP contribution >= 0.6 is 0 Å². The van der Waals surface area contributed by atoms with Gasteiger partial charge in [0, 0.05) is 32.0 Å². The van der Waals surface area contributed by atoms with Gasteiger partial charge in [0.25, 0.3) is 0 Å². The fourth-order valence-corrected chi connectivity index (χ4v) is 4.43. The number of methoxy groups -OCH3 is 1. The monoisotopic (exact) mass is 403 g/mol. The van der Waals surface area contributed by atoms with Crippen molar-refractivity contribution < 1.29 is 17.9 Å². The van der Waals surface area contributed by atoms with Crippen molar-refractivity contribution in [3.8, 4) is 5.75 Å². The lowest BCUT2D eigenvalue weighted by molar-refractivity contribution is -0.132. The van der Waals surface area contributed by atoms with Crippen molar-refractivity contribution in [3.05, 3.63) is 54.4 Å². The third-order valence-corrected chi connectivity index (χ3v) is 6.32. The molecule has 150 valence electrons. The molecule has 28 heavy (non-hydrogen) atoms. The maximum atomic E-state index is 12.5. The third kappa shape index (κ3) is 5.30. The molecule has 1 aromatic carbocycles. The SMILES string of the molecule is COc1ccc(S(=O)(=O)NC[C@H]2CCCN(C(=O)Cc3cccnc3)C2)cc1. The van der Waals surface area contributed by atoms with Crippen LogP contribution in [0.5, 0.6) is 5.75 Å². The van der Waals surface area contributed by atoms with Gasteiger partial charge in [0.2, 0.25) is 15.9 Å². The Morgan fingerprint density at radius 2 is 2.07 bits per heavy atom. The van der Waals surface area contributed by atoms with Crippen molar-refractivity contribution in [3.63, 3.8) is 0 Å². The molecule has 1 aromatic heterocycles. The average Bonchev–Trinajstić information content (AvgIpc) is 2.73. The summed E-state index contributed by atoms with van der Waals surface area (Å²) >= 11 is 0. The van der Waals surface area contributed by atoms with E-state index in [1.165, 1.54) is 19.2 Å². The molecule has 0 unspecified atom stereocenters. The summed E-state index contributed by atoms with van der Waals surface area (Å²) in [5.74, 6) is 0.754. The standard InChI is InChI=1S/C20H25N3O4S/c1-27-18-6-8-19(9-7-18)28(25,26)22-14-17-5-3-11-23(15-17)20(24)12-16-4-2-10-21-13-16/h2,4,6-10,13,17,22H,3,5,11-12,14-15H2,1H3/t17-/m1/s1. The minimum atomic E-state index is -3.59. The molecular formula is C20H25N3O4S. The molecule has 0 bridgehead atoms. The zero-order valence-electron chi connectivity index (χ0n) is 15.9. The Morgan fingerprint density at radius 1 is 1.29 bits per heavy atom. The Morgan fingerprint density at radius 3 is 2.75 bits per heavy atom. The summed E-state index contributed by atoms with van der Waals surface area (Å²) in [6.45, 7) is 1.58. The minimum absolute atomic E-state index is 0.0516. The van der Waals surface area contributed by atoms with Crippen molar-refractivity contribution in [1.82, 2.24) is 14.6 Å². The molecule has 1 amide bonds. The number of aromatic nitrogens is 1. The van der Waals surface area contributed by atoms with E-state index in [1.54, 1.807) is 24.5 Å². The van der Waals surface area contributed by atoms with Gasteiger partial charge in [-0.1, -0.05) is 6.07 Å². The molecular weight excluding hydrogens is 378 g/mol. The molecule has 2 heterocycles. The highest BCUT2D eigenvalue weighted by Crippen LogP contribution is 2.19. The van der Waals surface area contributed by atoms with Crippen LogP contribution in [-0.4, -0.2) is 51.0 Å². The molecule has 1 aliphatic heterocycles. The number of carbonyl (C=O) groups is 1. The lowest BCUT2D eigenvalue weighted by atomic mass is 9.98. The number of amides is 1. The summed E-state index contributed by atoms with van der Waals surface area (Å²) in [7, 11) is -2.05. The van der Waals surface area contributed by atoms with Crippen LogP contribution in [0, 0.1) is 5.92 Å². The van der Waals surface area contributed by atoms with Crippen LogP contribution in [0.4, 0.5) is 0 Å². The molecule has 0 saturated carbocycles. The van der Waals surface area contributed by atoms with E-state index in [1.807, 2.05) is 17.0 Å². The van der Waals surface area contributed by atoms with Gasteiger partial charge in [-0.2, -0.15) is 0 Å². The topological polar surface area (TPSA) is 88.6 Å². The summed E-state index contributed by atoms with van der Waals surface area (Å²) < 4.78 is 32.7. The third-order valence-electron chi connectivity index (χ3n) is 4.88. The van der Waals surface area contributed by atoms with Crippen LogP contribution in [0.25, 0.3) is 0 Å². The van der Waals surface area contributed by atoms with E-state index < -0.39 is 10.0 Å². The second-order valence-corrected chi connectivity index (χ2v) is 8.68. The number of nitrogens with zero attached hydrogens (tertiary/aromatic N) is 2. The molecule has 1 atom stereocenters. The molecule has 2 aromatic rings. The number of hydrogen-bond acceptors (Lipinski definition) is 5. The average molecular weight is 404 g/mol. The molecule has 1 fully saturated rings. The second-order valence-electron chi connectivity index (χ2n) is 6.91. The van der Waals surface area contributed by atoms with Crippen LogP contribution in [0.1, 0.15) is 18.4 Å². The first kappa shape index (κ1) is 20.3. The predicted octanol–water partition coefficient (Wildman–Crippen LogP) is 1.85. The van der Waals surface area contributed by atoms with Gasteiger partial charge in [-0.3, -0.25) is 9.78 Å². The number of nitrogens with one attached hydrogen (secondary N) is 1. The van der Waals surface area contributed by atoms with E-state index in [-0.39, 0.29) is 16.7 Å². The molecule has 1 N–H and O–H groups in total. The van der Waals surface area contributed by atoms with Gasteiger partial charge in [-0.05, 0) is 54.7 Å². The largest absolute Gasteiger partial charge is 0.497 e. The molecule has 0 spiro atoms. The van der Waals surface area contributed by atoms with Crippen LogP contribution < -0.4 is 9.46 Å².